The molecule has 0 unspecified atom stereocenters. The van der Waals surface area contributed by atoms with E-state index in [-0.39, 0.29) is 11.8 Å². The number of hydrogen-bond acceptors (Lipinski definition) is 2. The molecule has 0 aromatic heterocycles. The van der Waals surface area contributed by atoms with Crippen LogP contribution >= 0.6 is 0 Å². The molecule has 1 aromatic rings. The van der Waals surface area contributed by atoms with Gasteiger partial charge in [0, 0.05) is 5.69 Å². The summed E-state index contributed by atoms with van der Waals surface area (Å²) in [4.78, 5) is 23.6. The molecule has 1 aromatic carbocycles. The van der Waals surface area contributed by atoms with Crippen molar-refractivity contribution in [1.29, 1.82) is 0 Å². The van der Waals surface area contributed by atoms with Gasteiger partial charge in [-0.1, -0.05) is 45.9 Å². The first-order valence-electron chi connectivity index (χ1n) is 7.26. The Kier molecular flexibility index (Phi) is 5.15. The highest BCUT2D eigenvalue weighted by Crippen LogP contribution is 2.33. The SMILES string of the molecule is CC(C)c1cccc(C(C)C)c1NC(=O)C(C)(C)C(=O)O. The molecule has 0 atom stereocenters. The molecule has 0 aliphatic rings. The summed E-state index contributed by atoms with van der Waals surface area (Å²) >= 11 is 0. The van der Waals surface area contributed by atoms with Crippen LogP contribution in [0.15, 0.2) is 18.2 Å². The fourth-order valence-corrected chi connectivity index (χ4v) is 2.06. The molecule has 1 amide bonds. The number of benzene rings is 1. The predicted molar refractivity (Wildman–Crippen MR) is 84.7 cm³/mol. The normalized spacial score (nSPS) is 11.8. The summed E-state index contributed by atoms with van der Waals surface area (Å²) in [5.41, 5.74) is 1.34. The summed E-state index contributed by atoms with van der Waals surface area (Å²) in [7, 11) is 0. The summed E-state index contributed by atoms with van der Waals surface area (Å²) in [6, 6.07) is 5.92. The molecule has 0 aliphatic heterocycles. The molecule has 0 fully saturated rings. The third-order valence-corrected chi connectivity index (χ3v) is 3.71. The van der Waals surface area contributed by atoms with Crippen LogP contribution in [0.5, 0.6) is 0 Å². The summed E-state index contributed by atoms with van der Waals surface area (Å²) < 4.78 is 0. The molecule has 0 spiro atoms. The van der Waals surface area contributed by atoms with E-state index >= 15 is 0 Å². The molecular formula is C17H25NO3. The van der Waals surface area contributed by atoms with Crippen LogP contribution in [0.2, 0.25) is 0 Å². The maximum absolute atomic E-state index is 12.3. The molecular weight excluding hydrogens is 266 g/mol. The topological polar surface area (TPSA) is 66.4 Å². The molecule has 0 saturated carbocycles. The van der Waals surface area contributed by atoms with E-state index in [9.17, 15) is 14.7 Å². The molecule has 0 bridgehead atoms. The molecule has 0 radical (unpaired) electrons. The van der Waals surface area contributed by atoms with E-state index in [0.717, 1.165) is 16.8 Å². The maximum Gasteiger partial charge on any atom is 0.318 e. The Labute approximate surface area is 126 Å². The Hall–Kier alpha value is -1.84. The number of rotatable bonds is 5. The first-order valence-corrected chi connectivity index (χ1v) is 7.26. The molecule has 21 heavy (non-hydrogen) atoms. The zero-order valence-electron chi connectivity index (χ0n) is 13.7. The lowest BCUT2D eigenvalue weighted by Crippen LogP contribution is -2.38. The quantitative estimate of drug-likeness (QED) is 0.806. The number of carboxylic acids is 1. The molecule has 4 nitrogen and oxygen atoms in total. The zero-order chi connectivity index (χ0) is 16.4. The van der Waals surface area contributed by atoms with Crippen molar-refractivity contribution in [2.24, 2.45) is 5.41 Å². The van der Waals surface area contributed by atoms with Gasteiger partial charge < -0.3 is 10.4 Å². The molecule has 2 N–H and O–H groups in total. The Bertz CT molecular complexity index is 519. The van der Waals surface area contributed by atoms with Crippen molar-refractivity contribution in [3.63, 3.8) is 0 Å². The van der Waals surface area contributed by atoms with Crippen molar-refractivity contribution in [3.05, 3.63) is 29.3 Å². The average molecular weight is 291 g/mol. The van der Waals surface area contributed by atoms with Crippen LogP contribution in [0, 0.1) is 5.41 Å². The van der Waals surface area contributed by atoms with Crippen molar-refractivity contribution in [3.8, 4) is 0 Å². The Morgan fingerprint density at radius 1 is 1.05 bits per heavy atom. The Balaban J connectivity index is 3.29. The van der Waals surface area contributed by atoms with Crippen LogP contribution in [-0.2, 0) is 9.59 Å². The van der Waals surface area contributed by atoms with Gasteiger partial charge in [0.05, 0.1) is 0 Å². The van der Waals surface area contributed by atoms with E-state index in [1.807, 2.05) is 18.2 Å². The fourth-order valence-electron chi connectivity index (χ4n) is 2.06. The van der Waals surface area contributed by atoms with Gasteiger partial charge in [0.2, 0.25) is 5.91 Å². The van der Waals surface area contributed by atoms with Gasteiger partial charge in [-0.05, 0) is 36.8 Å². The van der Waals surface area contributed by atoms with Crippen molar-refractivity contribution >= 4 is 17.6 Å². The zero-order valence-corrected chi connectivity index (χ0v) is 13.7. The van der Waals surface area contributed by atoms with Gasteiger partial charge in [0.25, 0.3) is 0 Å². The van der Waals surface area contributed by atoms with Crippen LogP contribution in [-0.4, -0.2) is 17.0 Å². The van der Waals surface area contributed by atoms with Gasteiger partial charge in [0.1, 0.15) is 5.41 Å². The van der Waals surface area contributed by atoms with Crippen LogP contribution < -0.4 is 5.32 Å². The number of hydrogen-bond donors (Lipinski definition) is 2. The largest absolute Gasteiger partial charge is 0.480 e. The second-order valence-corrected chi connectivity index (χ2v) is 6.51. The van der Waals surface area contributed by atoms with Crippen LogP contribution in [0.25, 0.3) is 0 Å². The summed E-state index contributed by atoms with van der Waals surface area (Å²) in [6.45, 7) is 11.0. The number of carbonyl (C=O) groups excluding carboxylic acids is 1. The molecule has 4 heteroatoms. The van der Waals surface area contributed by atoms with Gasteiger partial charge in [-0.2, -0.15) is 0 Å². The lowest BCUT2D eigenvalue weighted by Gasteiger charge is -2.24. The van der Waals surface area contributed by atoms with Crippen molar-refractivity contribution < 1.29 is 14.7 Å². The highest BCUT2D eigenvalue weighted by Gasteiger charge is 2.36. The van der Waals surface area contributed by atoms with E-state index in [0.29, 0.717) is 0 Å². The smallest absolute Gasteiger partial charge is 0.318 e. The lowest BCUT2D eigenvalue weighted by molar-refractivity contribution is -0.151. The molecule has 1 rings (SSSR count). The first kappa shape index (κ1) is 17.2. The van der Waals surface area contributed by atoms with Gasteiger partial charge >= 0.3 is 5.97 Å². The molecule has 0 aliphatic carbocycles. The van der Waals surface area contributed by atoms with Gasteiger partial charge in [0.15, 0.2) is 0 Å². The molecule has 0 heterocycles. The van der Waals surface area contributed by atoms with Crippen LogP contribution in [0.4, 0.5) is 5.69 Å². The number of nitrogens with one attached hydrogen (secondary N) is 1. The van der Waals surface area contributed by atoms with Crippen molar-refractivity contribution in [2.45, 2.75) is 53.4 Å². The number of carboxylic acid groups (broad SMARTS) is 1. The number of para-hydroxylation sites is 1. The van der Waals surface area contributed by atoms with Gasteiger partial charge in [-0.3, -0.25) is 9.59 Å². The number of carbonyl (C=O) groups is 2. The Morgan fingerprint density at radius 2 is 1.48 bits per heavy atom. The van der Waals surface area contributed by atoms with Crippen LogP contribution in [0.1, 0.15) is 64.5 Å². The minimum atomic E-state index is -1.46. The second kappa shape index (κ2) is 6.29. The van der Waals surface area contributed by atoms with Gasteiger partial charge in [-0.15, -0.1) is 0 Å². The highest BCUT2D eigenvalue weighted by atomic mass is 16.4. The molecule has 116 valence electrons. The predicted octanol–water partition coefficient (Wildman–Crippen LogP) is 3.98. The van der Waals surface area contributed by atoms with Gasteiger partial charge in [-0.25, -0.2) is 0 Å². The highest BCUT2D eigenvalue weighted by molar-refractivity contribution is 6.08. The number of aliphatic carboxylic acids is 1. The lowest BCUT2D eigenvalue weighted by atomic mass is 9.89. The average Bonchev–Trinajstić information content (AvgIpc) is 2.37. The maximum atomic E-state index is 12.3. The monoisotopic (exact) mass is 291 g/mol. The van der Waals surface area contributed by atoms with E-state index in [1.54, 1.807) is 0 Å². The third kappa shape index (κ3) is 3.63. The van der Waals surface area contributed by atoms with E-state index < -0.39 is 17.3 Å². The minimum absolute atomic E-state index is 0.243. The van der Waals surface area contributed by atoms with Crippen molar-refractivity contribution in [2.75, 3.05) is 5.32 Å². The Morgan fingerprint density at radius 3 is 1.81 bits per heavy atom. The number of anilines is 1. The van der Waals surface area contributed by atoms with E-state index in [1.165, 1.54) is 13.8 Å². The van der Waals surface area contributed by atoms with E-state index in [2.05, 4.69) is 33.0 Å². The standard InChI is InChI=1S/C17H25NO3/c1-10(2)12-8-7-9-13(11(3)4)14(12)18-15(19)17(5,6)16(20)21/h7-11H,1-6H3,(H,18,19)(H,20,21). The summed E-state index contributed by atoms with van der Waals surface area (Å²) in [5.74, 6) is -1.14. The second-order valence-electron chi connectivity index (χ2n) is 6.51. The summed E-state index contributed by atoms with van der Waals surface area (Å²) in [6.07, 6.45) is 0. The fraction of sp³-hybridized carbons (Fsp3) is 0.529. The minimum Gasteiger partial charge on any atom is -0.480 e. The first-order chi connectivity index (χ1) is 9.59. The third-order valence-electron chi connectivity index (χ3n) is 3.71. The van der Waals surface area contributed by atoms with Crippen molar-refractivity contribution in [1.82, 2.24) is 0 Å². The van der Waals surface area contributed by atoms with Crippen LogP contribution in [0.3, 0.4) is 0 Å². The summed E-state index contributed by atoms with van der Waals surface area (Å²) in [5, 5.41) is 12.0. The number of amides is 1. The molecule has 0 saturated heterocycles. The van der Waals surface area contributed by atoms with E-state index in [4.69, 9.17) is 0 Å².